The number of carbonyl (C=O) groups excluding carboxylic acids is 1. The number of aromatic nitrogens is 3. The van der Waals surface area contributed by atoms with Gasteiger partial charge in [-0.2, -0.15) is 0 Å². The van der Waals surface area contributed by atoms with Gasteiger partial charge in [-0.25, -0.2) is 15.0 Å². The Morgan fingerprint density at radius 3 is 3.00 bits per heavy atom. The van der Waals surface area contributed by atoms with E-state index in [1.165, 1.54) is 6.33 Å². The summed E-state index contributed by atoms with van der Waals surface area (Å²) < 4.78 is 11.2. The third-order valence-corrected chi connectivity index (χ3v) is 4.25. The van der Waals surface area contributed by atoms with Crippen molar-refractivity contribution in [3.05, 3.63) is 40.9 Å². The Kier molecular flexibility index (Phi) is 6.10. The lowest BCUT2D eigenvalue weighted by Crippen LogP contribution is -2.46. The van der Waals surface area contributed by atoms with Gasteiger partial charge < -0.3 is 20.1 Å². The van der Waals surface area contributed by atoms with Gasteiger partial charge >= 0.3 is 0 Å². The molecule has 2 atom stereocenters. The Morgan fingerprint density at radius 1 is 1.38 bits per heavy atom. The zero-order valence-corrected chi connectivity index (χ0v) is 15.3. The number of carbonyl (C=O) groups is 1. The molecule has 0 aromatic carbocycles. The van der Waals surface area contributed by atoms with E-state index < -0.39 is 0 Å². The van der Waals surface area contributed by atoms with Crippen molar-refractivity contribution < 1.29 is 14.3 Å². The molecule has 1 amide bonds. The molecule has 26 heavy (non-hydrogen) atoms. The Morgan fingerprint density at radius 2 is 2.23 bits per heavy atom. The van der Waals surface area contributed by atoms with E-state index in [0.717, 1.165) is 12.1 Å². The lowest BCUT2D eigenvalue weighted by atomic mass is 10.0. The summed E-state index contributed by atoms with van der Waals surface area (Å²) >= 11 is 6.23. The fourth-order valence-corrected chi connectivity index (χ4v) is 3.09. The minimum absolute atomic E-state index is 0.00639. The molecule has 0 aliphatic carbocycles. The molecule has 3 heterocycles. The Balaban J connectivity index is 1.96. The van der Waals surface area contributed by atoms with Crippen LogP contribution in [0.3, 0.4) is 0 Å². The zero-order valence-electron chi connectivity index (χ0n) is 14.5. The van der Waals surface area contributed by atoms with Crippen molar-refractivity contribution in [3.8, 4) is 11.4 Å². The van der Waals surface area contributed by atoms with Crippen molar-refractivity contribution in [1.82, 2.24) is 25.6 Å². The first-order valence-corrected chi connectivity index (χ1v) is 8.56. The topological polar surface area (TPSA) is 98.3 Å². The molecule has 138 valence electrons. The van der Waals surface area contributed by atoms with Crippen LogP contribution in [0.15, 0.2) is 24.5 Å². The van der Waals surface area contributed by atoms with Crippen LogP contribution in [-0.2, 0) is 9.47 Å². The summed E-state index contributed by atoms with van der Waals surface area (Å²) in [5.41, 5.74) is 2.18. The van der Waals surface area contributed by atoms with Crippen LogP contribution in [0.5, 0.6) is 0 Å². The van der Waals surface area contributed by atoms with E-state index in [1.807, 2.05) is 6.07 Å². The predicted molar refractivity (Wildman–Crippen MR) is 96.0 cm³/mol. The van der Waals surface area contributed by atoms with Crippen LogP contribution in [0.1, 0.15) is 22.2 Å². The van der Waals surface area contributed by atoms with E-state index in [4.69, 9.17) is 21.1 Å². The highest BCUT2D eigenvalue weighted by atomic mass is 35.5. The lowest BCUT2D eigenvalue weighted by molar-refractivity contribution is -0.0273. The van der Waals surface area contributed by atoms with E-state index >= 15 is 0 Å². The number of morpholine rings is 1. The molecule has 0 spiro atoms. The highest BCUT2D eigenvalue weighted by Crippen LogP contribution is 2.29. The van der Waals surface area contributed by atoms with Gasteiger partial charge in [-0.1, -0.05) is 11.6 Å². The number of hydrogen-bond acceptors (Lipinski definition) is 7. The van der Waals surface area contributed by atoms with Gasteiger partial charge in [0.05, 0.1) is 30.6 Å². The van der Waals surface area contributed by atoms with Crippen molar-refractivity contribution in [2.75, 3.05) is 33.9 Å². The number of pyridine rings is 1. The van der Waals surface area contributed by atoms with Gasteiger partial charge in [0.1, 0.15) is 23.3 Å². The monoisotopic (exact) mass is 377 g/mol. The molecule has 2 N–H and O–H groups in total. The first kappa shape index (κ1) is 18.7. The summed E-state index contributed by atoms with van der Waals surface area (Å²) in [6.07, 6.45) is 1.11. The maximum Gasteiger partial charge on any atom is 0.269 e. The van der Waals surface area contributed by atoms with Crippen molar-refractivity contribution in [3.63, 3.8) is 0 Å². The fourth-order valence-electron chi connectivity index (χ4n) is 2.87. The summed E-state index contributed by atoms with van der Waals surface area (Å²) in [7, 11) is 3.20. The molecule has 2 aromatic heterocycles. The molecular formula is C17H20ClN5O3. The first-order chi connectivity index (χ1) is 12.6. The van der Waals surface area contributed by atoms with Crippen LogP contribution in [0.4, 0.5) is 0 Å². The molecule has 0 radical (unpaired) electrons. The summed E-state index contributed by atoms with van der Waals surface area (Å²) in [6.45, 7) is 1.86. The predicted octanol–water partition coefficient (Wildman–Crippen LogP) is 1.23. The van der Waals surface area contributed by atoms with E-state index in [9.17, 15) is 4.79 Å². The van der Waals surface area contributed by atoms with Gasteiger partial charge in [0.25, 0.3) is 5.91 Å². The van der Waals surface area contributed by atoms with Crippen molar-refractivity contribution >= 4 is 17.5 Å². The minimum atomic E-state index is -0.295. The van der Waals surface area contributed by atoms with E-state index in [0.29, 0.717) is 29.8 Å². The molecule has 1 fully saturated rings. The summed E-state index contributed by atoms with van der Waals surface area (Å²) in [4.78, 5) is 24.3. The molecule has 1 saturated heterocycles. The number of hydrogen-bond donors (Lipinski definition) is 2. The molecule has 0 saturated carbocycles. The summed E-state index contributed by atoms with van der Waals surface area (Å²) in [5.74, 6) is -0.295. The maximum absolute atomic E-state index is 11.8. The number of halogens is 1. The lowest BCUT2D eigenvalue weighted by Gasteiger charge is -2.32. The average Bonchev–Trinajstić information content (AvgIpc) is 2.67. The van der Waals surface area contributed by atoms with Crippen LogP contribution in [-0.4, -0.2) is 60.8 Å². The van der Waals surface area contributed by atoms with Crippen molar-refractivity contribution in [2.45, 2.75) is 12.1 Å². The Hall–Kier alpha value is -2.13. The quantitative estimate of drug-likeness (QED) is 0.756. The molecule has 1 aliphatic heterocycles. The molecule has 3 rings (SSSR count). The van der Waals surface area contributed by atoms with Gasteiger partial charge in [-0.3, -0.25) is 4.79 Å². The first-order valence-electron chi connectivity index (χ1n) is 8.18. The number of amides is 1. The van der Waals surface area contributed by atoms with Crippen LogP contribution >= 0.6 is 11.6 Å². The third kappa shape index (κ3) is 4.16. The minimum Gasteiger partial charge on any atom is -0.383 e. The SMILES string of the molecule is CNC(=O)c1cc(-c2cc([C@@H]3OCCN[C@H]3COC)cc(Cl)n2)ncn1. The second-order valence-electron chi connectivity index (χ2n) is 5.78. The van der Waals surface area contributed by atoms with E-state index in [-0.39, 0.29) is 23.7 Å². The molecule has 0 unspecified atom stereocenters. The summed E-state index contributed by atoms with van der Waals surface area (Å²) in [5, 5.41) is 6.25. The van der Waals surface area contributed by atoms with Crippen molar-refractivity contribution in [1.29, 1.82) is 0 Å². The second-order valence-corrected chi connectivity index (χ2v) is 6.17. The van der Waals surface area contributed by atoms with Crippen LogP contribution in [0.25, 0.3) is 11.4 Å². The second kappa shape index (κ2) is 8.50. The van der Waals surface area contributed by atoms with Crippen molar-refractivity contribution in [2.24, 2.45) is 0 Å². The highest BCUT2D eigenvalue weighted by Gasteiger charge is 2.28. The van der Waals surface area contributed by atoms with Gasteiger partial charge in [0.2, 0.25) is 0 Å². The molecule has 0 bridgehead atoms. The average molecular weight is 378 g/mol. The molecule has 1 aliphatic rings. The number of nitrogens with one attached hydrogen (secondary N) is 2. The Bertz CT molecular complexity index is 787. The number of nitrogens with zero attached hydrogens (tertiary/aromatic N) is 3. The van der Waals surface area contributed by atoms with E-state index in [1.54, 1.807) is 26.3 Å². The fraction of sp³-hybridized carbons (Fsp3) is 0.412. The Labute approximate surface area is 156 Å². The van der Waals surface area contributed by atoms with Gasteiger partial charge in [0, 0.05) is 20.7 Å². The van der Waals surface area contributed by atoms with Crippen LogP contribution in [0.2, 0.25) is 5.15 Å². The molecule has 9 heteroatoms. The zero-order chi connectivity index (χ0) is 18.5. The molecular weight excluding hydrogens is 358 g/mol. The smallest absolute Gasteiger partial charge is 0.269 e. The largest absolute Gasteiger partial charge is 0.383 e. The van der Waals surface area contributed by atoms with Gasteiger partial charge in [-0.15, -0.1) is 0 Å². The highest BCUT2D eigenvalue weighted by molar-refractivity contribution is 6.29. The van der Waals surface area contributed by atoms with Crippen LogP contribution < -0.4 is 10.6 Å². The maximum atomic E-state index is 11.8. The van der Waals surface area contributed by atoms with Crippen LogP contribution in [0, 0.1) is 0 Å². The normalized spacial score (nSPS) is 20.0. The number of methoxy groups -OCH3 is 1. The number of ether oxygens (including phenoxy) is 2. The van der Waals surface area contributed by atoms with Gasteiger partial charge in [0.15, 0.2) is 0 Å². The van der Waals surface area contributed by atoms with Gasteiger partial charge in [-0.05, 0) is 23.8 Å². The summed E-state index contributed by atoms with van der Waals surface area (Å²) in [6, 6.07) is 5.22. The number of rotatable bonds is 5. The third-order valence-electron chi connectivity index (χ3n) is 4.05. The standard InChI is InChI=1S/C17H20ClN5O3/c1-19-17(24)13-7-11(21-9-22-13)12-5-10(6-15(18)23-12)16-14(8-25-2)20-3-4-26-16/h5-7,9,14,16,20H,3-4,8H2,1-2H3,(H,19,24)/t14-,16-/m0/s1. The van der Waals surface area contributed by atoms with E-state index in [2.05, 4.69) is 25.6 Å². The molecule has 8 nitrogen and oxygen atoms in total. The molecule has 2 aromatic rings.